The molecule has 1 saturated heterocycles. The van der Waals surface area contributed by atoms with Crippen molar-refractivity contribution in [1.29, 1.82) is 0 Å². The highest BCUT2D eigenvalue weighted by molar-refractivity contribution is 8.01. The van der Waals surface area contributed by atoms with Crippen molar-refractivity contribution >= 4 is 17.7 Å². The maximum atomic E-state index is 12.1. The summed E-state index contributed by atoms with van der Waals surface area (Å²) < 4.78 is 5.81. The Morgan fingerprint density at radius 3 is 2.70 bits per heavy atom. The lowest BCUT2D eigenvalue weighted by molar-refractivity contribution is -0.128. The molecule has 2 heterocycles. The van der Waals surface area contributed by atoms with E-state index in [0.717, 1.165) is 18.5 Å². The molecule has 0 saturated carbocycles. The highest BCUT2D eigenvalue weighted by atomic mass is 32.2. The van der Waals surface area contributed by atoms with Gasteiger partial charge in [-0.2, -0.15) is 0 Å². The van der Waals surface area contributed by atoms with E-state index in [2.05, 4.69) is 4.98 Å². The van der Waals surface area contributed by atoms with Gasteiger partial charge in [0.25, 0.3) is 0 Å². The number of rotatable bonds is 7. The lowest BCUT2D eigenvalue weighted by Crippen LogP contribution is -2.37. The van der Waals surface area contributed by atoms with Gasteiger partial charge in [-0.25, -0.2) is 0 Å². The van der Waals surface area contributed by atoms with Crippen LogP contribution in [0.5, 0.6) is 0 Å². The molecule has 23 heavy (non-hydrogen) atoms. The SMILES string of the molecule is O=C1CSC(COCc2ccccc2)N1CCc1ccncc1. The molecule has 2 aromatic rings. The quantitative estimate of drug-likeness (QED) is 0.784. The molecular weight excluding hydrogens is 308 g/mol. The van der Waals surface area contributed by atoms with Crippen molar-refractivity contribution < 1.29 is 9.53 Å². The van der Waals surface area contributed by atoms with E-state index in [4.69, 9.17) is 4.74 Å². The van der Waals surface area contributed by atoms with Crippen molar-refractivity contribution in [2.75, 3.05) is 18.9 Å². The maximum Gasteiger partial charge on any atom is 0.233 e. The second kappa shape index (κ2) is 8.13. The van der Waals surface area contributed by atoms with Crippen LogP contribution < -0.4 is 0 Å². The molecule has 1 aliphatic rings. The van der Waals surface area contributed by atoms with Crippen LogP contribution in [-0.4, -0.2) is 40.1 Å². The summed E-state index contributed by atoms with van der Waals surface area (Å²) in [5.74, 6) is 0.757. The highest BCUT2D eigenvalue weighted by Gasteiger charge is 2.31. The highest BCUT2D eigenvalue weighted by Crippen LogP contribution is 2.25. The van der Waals surface area contributed by atoms with Gasteiger partial charge in [0, 0.05) is 18.9 Å². The van der Waals surface area contributed by atoms with Gasteiger partial charge in [0.2, 0.25) is 5.91 Å². The van der Waals surface area contributed by atoms with Crippen LogP contribution in [0.15, 0.2) is 54.9 Å². The third kappa shape index (κ3) is 4.56. The van der Waals surface area contributed by atoms with Gasteiger partial charge in [0.05, 0.1) is 19.0 Å². The number of carbonyl (C=O) groups excluding carboxylic acids is 1. The molecule has 120 valence electrons. The van der Waals surface area contributed by atoms with E-state index in [1.165, 1.54) is 5.56 Å². The Kier molecular flexibility index (Phi) is 5.66. The zero-order valence-corrected chi connectivity index (χ0v) is 13.7. The van der Waals surface area contributed by atoms with Crippen LogP contribution in [0.25, 0.3) is 0 Å². The predicted octanol–water partition coefficient (Wildman–Crippen LogP) is 2.74. The molecule has 0 bridgehead atoms. The molecule has 1 aromatic carbocycles. The lowest BCUT2D eigenvalue weighted by Gasteiger charge is -2.23. The maximum absolute atomic E-state index is 12.1. The summed E-state index contributed by atoms with van der Waals surface area (Å²) in [6, 6.07) is 14.1. The molecule has 5 heteroatoms. The van der Waals surface area contributed by atoms with Gasteiger partial charge in [0.15, 0.2) is 0 Å². The molecule has 1 amide bonds. The van der Waals surface area contributed by atoms with Crippen LogP contribution in [0.4, 0.5) is 0 Å². The third-order valence-electron chi connectivity index (χ3n) is 3.83. The van der Waals surface area contributed by atoms with Crippen LogP contribution in [0.2, 0.25) is 0 Å². The minimum Gasteiger partial charge on any atom is -0.374 e. The zero-order chi connectivity index (χ0) is 15.9. The molecule has 1 unspecified atom stereocenters. The summed E-state index contributed by atoms with van der Waals surface area (Å²) in [6.07, 6.45) is 4.43. The number of pyridine rings is 1. The number of ether oxygens (including phenoxy) is 1. The van der Waals surface area contributed by atoms with Crippen LogP contribution in [0.1, 0.15) is 11.1 Å². The molecule has 1 aromatic heterocycles. The first-order chi connectivity index (χ1) is 11.3. The molecule has 1 atom stereocenters. The number of hydrogen-bond acceptors (Lipinski definition) is 4. The average Bonchev–Trinajstić information content (AvgIpc) is 2.95. The largest absolute Gasteiger partial charge is 0.374 e. The van der Waals surface area contributed by atoms with Crippen LogP contribution in [-0.2, 0) is 22.6 Å². The van der Waals surface area contributed by atoms with Crippen molar-refractivity contribution in [3.63, 3.8) is 0 Å². The van der Waals surface area contributed by atoms with Gasteiger partial charge >= 0.3 is 0 Å². The minimum absolute atomic E-state index is 0.119. The molecular formula is C18H20N2O2S. The summed E-state index contributed by atoms with van der Waals surface area (Å²) in [5, 5.41) is 0.119. The zero-order valence-electron chi connectivity index (χ0n) is 12.9. The molecule has 4 nitrogen and oxygen atoms in total. The van der Waals surface area contributed by atoms with Gasteiger partial charge in [-0.15, -0.1) is 11.8 Å². The summed E-state index contributed by atoms with van der Waals surface area (Å²) in [6.45, 7) is 1.89. The van der Waals surface area contributed by atoms with Crippen molar-refractivity contribution in [2.24, 2.45) is 0 Å². The Hall–Kier alpha value is -1.85. The van der Waals surface area contributed by atoms with Gasteiger partial charge < -0.3 is 9.64 Å². The third-order valence-corrected chi connectivity index (χ3v) is 5.02. The van der Waals surface area contributed by atoms with Gasteiger partial charge in [-0.3, -0.25) is 9.78 Å². The van der Waals surface area contributed by atoms with Crippen LogP contribution in [0, 0.1) is 0 Å². The van der Waals surface area contributed by atoms with Crippen molar-refractivity contribution in [3.8, 4) is 0 Å². The topological polar surface area (TPSA) is 42.4 Å². The van der Waals surface area contributed by atoms with Crippen LogP contribution >= 0.6 is 11.8 Å². The molecule has 0 aliphatic carbocycles. The Bertz CT molecular complexity index is 621. The van der Waals surface area contributed by atoms with Crippen molar-refractivity contribution in [3.05, 3.63) is 66.0 Å². The Morgan fingerprint density at radius 2 is 1.91 bits per heavy atom. The first kappa shape index (κ1) is 16.0. The number of nitrogens with zero attached hydrogens (tertiary/aromatic N) is 2. The van der Waals surface area contributed by atoms with E-state index in [9.17, 15) is 4.79 Å². The van der Waals surface area contributed by atoms with E-state index in [1.54, 1.807) is 24.2 Å². The van der Waals surface area contributed by atoms with E-state index in [1.807, 2.05) is 47.4 Å². The van der Waals surface area contributed by atoms with Gasteiger partial charge in [0.1, 0.15) is 5.37 Å². The van der Waals surface area contributed by atoms with Crippen molar-refractivity contribution in [1.82, 2.24) is 9.88 Å². The summed E-state index contributed by atoms with van der Waals surface area (Å²) in [5.41, 5.74) is 2.36. The fourth-order valence-electron chi connectivity index (χ4n) is 2.56. The number of amides is 1. The lowest BCUT2D eigenvalue weighted by atomic mass is 10.2. The first-order valence-electron chi connectivity index (χ1n) is 7.74. The smallest absolute Gasteiger partial charge is 0.233 e. The van der Waals surface area contributed by atoms with E-state index in [-0.39, 0.29) is 11.3 Å². The Morgan fingerprint density at radius 1 is 1.13 bits per heavy atom. The Balaban J connectivity index is 1.49. The molecule has 3 rings (SSSR count). The molecule has 1 aliphatic heterocycles. The van der Waals surface area contributed by atoms with Gasteiger partial charge in [-0.1, -0.05) is 30.3 Å². The monoisotopic (exact) mass is 328 g/mol. The normalized spacial score (nSPS) is 17.7. The molecule has 0 spiro atoms. The standard InChI is InChI=1S/C18H20N2O2S/c21-17-14-23-18(13-22-12-16-4-2-1-3-5-16)20(17)11-8-15-6-9-19-10-7-15/h1-7,9-10,18H,8,11-14H2. The van der Waals surface area contributed by atoms with E-state index >= 15 is 0 Å². The molecule has 0 radical (unpaired) electrons. The van der Waals surface area contributed by atoms with Crippen molar-refractivity contribution in [2.45, 2.75) is 18.4 Å². The molecule has 0 N–H and O–H groups in total. The number of thioether (sulfide) groups is 1. The van der Waals surface area contributed by atoms with Gasteiger partial charge in [-0.05, 0) is 29.7 Å². The predicted molar refractivity (Wildman–Crippen MR) is 92.0 cm³/mol. The van der Waals surface area contributed by atoms with E-state index < -0.39 is 0 Å². The second-order valence-electron chi connectivity index (χ2n) is 5.46. The Labute approximate surface area is 140 Å². The number of hydrogen-bond donors (Lipinski definition) is 0. The van der Waals surface area contributed by atoms with Crippen LogP contribution in [0.3, 0.4) is 0 Å². The second-order valence-corrected chi connectivity index (χ2v) is 6.63. The number of benzene rings is 1. The number of aromatic nitrogens is 1. The summed E-state index contributed by atoms with van der Waals surface area (Å²) in [7, 11) is 0. The van der Waals surface area contributed by atoms with E-state index in [0.29, 0.717) is 19.0 Å². The summed E-state index contributed by atoms with van der Waals surface area (Å²) in [4.78, 5) is 18.0. The summed E-state index contributed by atoms with van der Waals surface area (Å²) >= 11 is 1.67. The first-order valence-corrected chi connectivity index (χ1v) is 8.79. The fraction of sp³-hybridized carbons (Fsp3) is 0.333. The molecule has 1 fully saturated rings. The number of carbonyl (C=O) groups is 1. The average molecular weight is 328 g/mol. The minimum atomic E-state index is 0.119. The fourth-order valence-corrected chi connectivity index (χ4v) is 3.65.